The first kappa shape index (κ1) is 11.2. The molecule has 2 rings (SSSR count). The minimum absolute atomic E-state index is 0.371. The fourth-order valence-electron chi connectivity index (χ4n) is 1.75. The number of carbonyl (C=O) groups is 2. The molecule has 0 radical (unpaired) electrons. The first-order valence-corrected chi connectivity index (χ1v) is 5.13. The summed E-state index contributed by atoms with van der Waals surface area (Å²) in [6.07, 6.45) is 1.86. The average Bonchev–Trinajstić information content (AvgIpc) is 2.68. The molecule has 0 aliphatic heterocycles. The Morgan fingerprint density at radius 3 is 2.82 bits per heavy atom. The third-order valence-corrected chi connectivity index (χ3v) is 2.57. The van der Waals surface area contributed by atoms with Gasteiger partial charge in [-0.15, -0.1) is 0 Å². The molecule has 0 aliphatic rings. The van der Waals surface area contributed by atoms with Crippen LogP contribution in [0.3, 0.4) is 0 Å². The highest BCUT2D eigenvalue weighted by Crippen LogP contribution is 2.19. The highest BCUT2D eigenvalue weighted by Gasteiger charge is 2.11. The highest BCUT2D eigenvalue weighted by atomic mass is 16.4. The van der Waals surface area contributed by atoms with Crippen molar-refractivity contribution in [3.8, 4) is 0 Å². The smallest absolute Gasteiger partial charge is 0.322 e. The van der Waals surface area contributed by atoms with Gasteiger partial charge < -0.3 is 15.0 Å². The third-order valence-electron chi connectivity index (χ3n) is 2.57. The average molecular weight is 232 g/mol. The summed E-state index contributed by atoms with van der Waals surface area (Å²) in [6.45, 7) is -0.373. The number of nitrogens with zero attached hydrogens (tertiary/aromatic N) is 1. The molecule has 0 spiro atoms. The summed E-state index contributed by atoms with van der Waals surface area (Å²) in [5.41, 5.74) is 1.43. The monoisotopic (exact) mass is 232 g/mol. The number of amides is 1. The zero-order valence-corrected chi connectivity index (χ0v) is 9.30. The van der Waals surface area contributed by atoms with E-state index in [1.807, 2.05) is 29.9 Å². The molecule has 5 heteroatoms. The predicted octanol–water partition coefficient (Wildman–Crippen LogP) is 0.993. The van der Waals surface area contributed by atoms with Gasteiger partial charge in [-0.05, 0) is 18.2 Å². The van der Waals surface area contributed by atoms with Crippen LogP contribution in [-0.4, -0.2) is 28.1 Å². The van der Waals surface area contributed by atoms with Crippen molar-refractivity contribution in [3.63, 3.8) is 0 Å². The Hall–Kier alpha value is -2.30. The molecule has 0 saturated carbocycles. The van der Waals surface area contributed by atoms with E-state index < -0.39 is 5.97 Å². The second kappa shape index (κ2) is 4.29. The number of fused-ring (bicyclic) bond motifs is 1. The van der Waals surface area contributed by atoms with Crippen molar-refractivity contribution >= 4 is 22.8 Å². The molecular formula is C12H12N2O3. The maximum atomic E-state index is 11.8. The first-order chi connectivity index (χ1) is 8.09. The van der Waals surface area contributed by atoms with Crippen LogP contribution in [0.25, 0.3) is 10.9 Å². The highest BCUT2D eigenvalue weighted by molar-refractivity contribution is 6.07. The van der Waals surface area contributed by atoms with E-state index in [0.717, 1.165) is 10.9 Å². The lowest BCUT2D eigenvalue weighted by atomic mass is 10.1. The van der Waals surface area contributed by atoms with Crippen LogP contribution in [0.5, 0.6) is 0 Å². The molecule has 0 atom stereocenters. The van der Waals surface area contributed by atoms with Crippen molar-refractivity contribution in [2.45, 2.75) is 0 Å². The molecule has 0 fully saturated rings. The fourth-order valence-corrected chi connectivity index (χ4v) is 1.75. The number of aliphatic carboxylic acids is 1. The van der Waals surface area contributed by atoms with Gasteiger partial charge in [0, 0.05) is 29.7 Å². The van der Waals surface area contributed by atoms with Gasteiger partial charge in [-0.1, -0.05) is 6.07 Å². The predicted molar refractivity (Wildman–Crippen MR) is 62.9 cm³/mol. The van der Waals surface area contributed by atoms with Gasteiger partial charge in [0.15, 0.2) is 0 Å². The van der Waals surface area contributed by atoms with Gasteiger partial charge in [0.1, 0.15) is 6.54 Å². The Labute approximate surface area is 97.7 Å². The van der Waals surface area contributed by atoms with E-state index in [0.29, 0.717) is 5.56 Å². The number of carboxylic acid groups (broad SMARTS) is 1. The third kappa shape index (κ3) is 2.13. The van der Waals surface area contributed by atoms with E-state index in [4.69, 9.17) is 5.11 Å². The number of benzene rings is 1. The SMILES string of the molecule is Cn1ccc2c(C(=O)NCC(=O)O)cccc21. The molecule has 0 bridgehead atoms. The first-order valence-electron chi connectivity index (χ1n) is 5.13. The number of carboxylic acids is 1. The van der Waals surface area contributed by atoms with E-state index in [1.165, 1.54) is 0 Å². The largest absolute Gasteiger partial charge is 0.480 e. The number of aromatic nitrogens is 1. The van der Waals surface area contributed by atoms with Crippen LogP contribution in [0, 0.1) is 0 Å². The molecule has 0 unspecified atom stereocenters. The second-order valence-corrected chi connectivity index (χ2v) is 3.74. The standard InChI is InChI=1S/C12H12N2O3/c1-14-6-5-8-9(3-2-4-10(8)14)12(17)13-7-11(15)16/h2-6H,7H2,1H3,(H,13,17)(H,15,16). The Morgan fingerprint density at radius 2 is 2.12 bits per heavy atom. The fraction of sp³-hybridized carbons (Fsp3) is 0.167. The van der Waals surface area contributed by atoms with Crippen molar-refractivity contribution < 1.29 is 14.7 Å². The second-order valence-electron chi connectivity index (χ2n) is 3.74. The minimum atomic E-state index is -1.06. The molecule has 17 heavy (non-hydrogen) atoms. The van der Waals surface area contributed by atoms with Crippen LogP contribution in [0.2, 0.25) is 0 Å². The maximum Gasteiger partial charge on any atom is 0.322 e. The van der Waals surface area contributed by atoms with Crippen LogP contribution >= 0.6 is 0 Å². The van der Waals surface area contributed by atoms with E-state index in [9.17, 15) is 9.59 Å². The topological polar surface area (TPSA) is 71.3 Å². The summed E-state index contributed by atoms with van der Waals surface area (Å²) >= 11 is 0. The Morgan fingerprint density at radius 1 is 1.35 bits per heavy atom. The lowest BCUT2D eigenvalue weighted by Crippen LogP contribution is -2.29. The minimum Gasteiger partial charge on any atom is -0.480 e. The van der Waals surface area contributed by atoms with Crippen molar-refractivity contribution in [2.75, 3.05) is 6.54 Å². The van der Waals surface area contributed by atoms with Crippen molar-refractivity contribution in [1.82, 2.24) is 9.88 Å². The normalized spacial score (nSPS) is 10.4. The number of carbonyl (C=O) groups excluding carboxylic acids is 1. The van der Waals surface area contributed by atoms with Gasteiger partial charge in [0.25, 0.3) is 5.91 Å². The summed E-state index contributed by atoms with van der Waals surface area (Å²) in [4.78, 5) is 22.2. The van der Waals surface area contributed by atoms with Crippen LogP contribution in [0.15, 0.2) is 30.5 Å². The molecule has 0 saturated heterocycles. The van der Waals surface area contributed by atoms with Gasteiger partial charge in [0.2, 0.25) is 0 Å². The van der Waals surface area contributed by atoms with Gasteiger partial charge in [0.05, 0.1) is 0 Å². The molecule has 1 aromatic carbocycles. The Kier molecular flexibility index (Phi) is 2.82. The van der Waals surface area contributed by atoms with Gasteiger partial charge in [-0.25, -0.2) is 0 Å². The number of aryl methyl sites for hydroxylation is 1. The Bertz CT molecular complexity index is 586. The summed E-state index contributed by atoms with van der Waals surface area (Å²) in [5.74, 6) is -1.43. The number of rotatable bonds is 3. The van der Waals surface area contributed by atoms with Gasteiger partial charge in [-0.3, -0.25) is 9.59 Å². The lowest BCUT2D eigenvalue weighted by molar-refractivity contribution is -0.135. The summed E-state index contributed by atoms with van der Waals surface area (Å²) in [7, 11) is 1.89. The van der Waals surface area contributed by atoms with Crippen LogP contribution in [0.4, 0.5) is 0 Å². The molecule has 5 nitrogen and oxygen atoms in total. The van der Waals surface area contributed by atoms with Gasteiger partial charge in [-0.2, -0.15) is 0 Å². The van der Waals surface area contributed by atoms with E-state index in [1.54, 1.807) is 12.1 Å². The van der Waals surface area contributed by atoms with E-state index in [2.05, 4.69) is 5.32 Å². The van der Waals surface area contributed by atoms with Crippen LogP contribution in [0.1, 0.15) is 10.4 Å². The Balaban J connectivity index is 2.35. The summed E-state index contributed by atoms with van der Waals surface area (Å²) < 4.78 is 1.91. The zero-order valence-electron chi connectivity index (χ0n) is 9.30. The summed E-state index contributed by atoms with van der Waals surface area (Å²) in [5, 5.41) is 11.7. The zero-order chi connectivity index (χ0) is 12.4. The number of hydrogen-bond acceptors (Lipinski definition) is 2. The maximum absolute atomic E-state index is 11.8. The van der Waals surface area contributed by atoms with Crippen molar-refractivity contribution in [1.29, 1.82) is 0 Å². The molecular weight excluding hydrogens is 220 g/mol. The molecule has 2 N–H and O–H groups in total. The van der Waals surface area contributed by atoms with Crippen LogP contribution < -0.4 is 5.32 Å². The molecule has 1 aromatic heterocycles. The molecule has 0 aliphatic carbocycles. The van der Waals surface area contributed by atoms with Crippen molar-refractivity contribution in [3.05, 3.63) is 36.0 Å². The van der Waals surface area contributed by atoms with Gasteiger partial charge >= 0.3 is 5.97 Å². The van der Waals surface area contributed by atoms with Crippen molar-refractivity contribution in [2.24, 2.45) is 7.05 Å². The van der Waals surface area contributed by atoms with E-state index in [-0.39, 0.29) is 12.5 Å². The van der Waals surface area contributed by atoms with E-state index >= 15 is 0 Å². The molecule has 2 aromatic rings. The number of hydrogen-bond donors (Lipinski definition) is 2. The lowest BCUT2D eigenvalue weighted by Gasteiger charge is -2.04. The number of nitrogens with one attached hydrogen (secondary N) is 1. The quantitative estimate of drug-likeness (QED) is 0.829. The molecule has 1 heterocycles. The van der Waals surface area contributed by atoms with Crippen LogP contribution in [-0.2, 0) is 11.8 Å². The summed E-state index contributed by atoms with van der Waals surface area (Å²) in [6, 6.07) is 7.20. The molecule has 88 valence electrons. The molecule has 1 amide bonds.